The van der Waals surface area contributed by atoms with E-state index in [0.717, 1.165) is 17.7 Å². The summed E-state index contributed by atoms with van der Waals surface area (Å²) in [7, 11) is -3.98. The molecule has 26 heavy (non-hydrogen) atoms. The maximum absolute atomic E-state index is 14.0. The van der Waals surface area contributed by atoms with Crippen LogP contribution in [0.25, 0.3) is 0 Å². The molecule has 2 aromatic rings. The zero-order valence-corrected chi connectivity index (χ0v) is 15.3. The third-order valence-electron chi connectivity index (χ3n) is 3.87. The number of hydrogen-bond donors (Lipinski definition) is 1. The number of hydrogen-bond acceptors (Lipinski definition) is 2. The topological polar surface area (TPSA) is 46.2 Å². The van der Waals surface area contributed by atoms with E-state index in [4.69, 9.17) is 0 Å². The summed E-state index contributed by atoms with van der Waals surface area (Å²) >= 11 is 0. The summed E-state index contributed by atoms with van der Waals surface area (Å²) in [5.41, 5.74) is -1.03. The summed E-state index contributed by atoms with van der Waals surface area (Å²) in [4.78, 5) is -0.0436. The van der Waals surface area contributed by atoms with Crippen molar-refractivity contribution >= 4 is 10.0 Å². The minimum Gasteiger partial charge on any atom is -0.207 e. The van der Waals surface area contributed by atoms with Gasteiger partial charge in [-0.15, -0.1) is 0 Å². The second-order valence-corrected chi connectivity index (χ2v) is 8.64. The zero-order chi connectivity index (χ0) is 19.8. The van der Waals surface area contributed by atoms with Crippen LogP contribution >= 0.6 is 0 Å². The van der Waals surface area contributed by atoms with E-state index in [2.05, 4.69) is 4.72 Å². The smallest absolute Gasteiger partial charge is 0.207 e. The predicted molar refractivity (Wildman–Crippen MR) is 90.6 cm³/mol. The molecule has 0 heterocycles. The molecule has 0 aromatic heterocycles. The summed E-state index contributed by atoms with van der Waals surface area (Å²) in [5.74, 6) is -1.48. The number of benzene rings is 2. The van der Waals surface area contributed by atoms with E-state index >= 15 is 0 Å². The van der Waals surface area contributed by atoms with E-state index in [-0.39, 0.29) is 15.9 Å². The lowest BCUT2D eigenvalue weighted by molar-refractivity contribution is -0.140. The molecule has 0 saturated carbocycles. The van der Waals surface area contributed by atoms with E-state index in [9.17, 15) is 26.0 Å². The minimum absolute atomic E-state index is 0.0436. The van der Waals surface area contributed by atoms with Crippen molar-refractivity contribution in [3.8, 4) is 0 Å². The van der Waals surface area contributed by atoms with E-state index in [0.29, 0.717) is 6.07 Å². The first kappa shape index (κ1) is 20.4. The van der Waals surface area contributed by atoms with Crippen molar-refractivity contribution in [2.75, 3.05) is 0 Å². The number of rotatable bonds is 4. The third kappa shape index (κ3) is 4.62. The van der Waals surface area contributed by atoms with Crippen LogP contribution in [-0.2, 0) is 28.2 Å². The van der Waals surface area contributed by atoms with Gasteiger partial charge in [-0.05, 0) is 29.2 Å². The van der Waals surface area contributed by atoms with Crippen molar-refractivity contribution in [3.63, 3.8) is 0 Å². The van der Waals surface area contributed by atoms with Crippen LogP contribution in [-0.4, -0.2) is 8.42 Å². The first-order chi connectivity index (χ1) is 11.8. The second kappa shape index (κ2) is 7.00. The largest absolute Gasteiger partial charge is 0.419 e. The van der Waals surface area contributed by atoms with Crippen molar-refractivity contribution < 1.29 is 26.0 Å². The van der Waals surface area contributed by atoms with E-state index in [1.807, 2.05) is 20.8 Å². The molecule has 2 aromatic carbocycles. The highest BCUT2D eigenvalue weighted by Gasteiger charge is 2.34. The molecule has 0 bridgehead atoms. The number of halogens is 4. The Labute approximate surface area is 150 Å². The van der Waals surface area contributed by atoms with E-state index < -0.39 is 34.1 Å². The highest BCUT2D eigenvalue weighted by atomic mass is 32.2. The maximum Gasteiger partial charge on any atom is 0.419 e. The van der Waals surface area contributed by atoms with Gasteiger partial charge < -0.3 is 0 Å². The van der Waals surface area contributed by atoms with Crippen LogP contribution in [0.3, 0.4) is 0 Å². The van der Waals surface area contributed by atoms with Crippen molar-refractivity contribution in [1.82, 2.24) is 4.72 Å². The van der Waals surface area contributed by atoms with Crippen molar-refractivity contribution in [1.29, 1.82) is 0 Å². The van der Waals surface area contributed by atoms with Crippen molar-refractivity contribution in [3.05, 3.63) is 65.0 Å². The van der Waals surface area contributed by atoms with Gasteiger partial charge >= 0.3 is 6.18 Å². The minimum atomic E-state index is -4.85. The monoisotopic (exact) mass is 389 g/mol. The number of nitrogens with one attached hydrogen (secondary N) is 1. The average Bonchev–Trinajstić information content (AvgIpc) is 2.52. The Balaban J connectivity index is 2.21. The van der Waals surface area contributed by atoms with Gasteiger partial charge in [0.1, 0.15) is 5.82 Å². The second-order valence-electron chi connectivity index (χ2n) is 6.88. The van der Waals surface area contributed by atoms with Crippen LogP contribution in [0.2, 0.25) is 0 Å². The van der Waals surface area contributed by atoms with Crippen LogP contribution in [0.1, 0.15) is 37.5 Å². The average molecular weight is 389 g/mol. The molecule has 1 N–H and O–H groups in total. The Morgan fingerprint density at radius 3 is 2.04 bits per heavy atom. The molecular weight excluding hydrogens is 370 g/mol. The standard InChI is InChI=1S/C18H19F4NO2S/c1-17(2,3)13-7-9-14(10-8-13)26(24,25)23-11-12-5-4-6-15(16(12)19)18(20,21)22/h4-10,23H,11H2,1-3H3. The van der Waals surface area contributed by atoms with Crippen LogP contribution < -0.4 is 4.72 Å². The highest BCUT2D eigenvalue weighted by Crippen LogP contribution is 2.32. The van der Waals surface area contributed by atoms with Crippen LogP contribution in [0.4, 0.5) is 17.6 Å². The van der Waals surface area contributed by atoms with Crippen LogP contribution in [0.5, 0.6) is 0 Å². The van der Waals surface area contributed by atoms with Gasteiger partial charge in [-0.25, -0.2) is 17.5 Å². The Bertz CT molecular complexity index is 883. The lowest BCUT2D eigenvalue weighted by Crippen LogP contribution is -2.24. The van der Waals surface area contributed by atoms with E-state index in [1.54, 1.807) is 12.1 Å². The van der Waals surface area contributed by atoms with E-state index in [1.165, 1.54) is 12.1 Å². The van der Waals surface area contributed by atoms with Crippen molar-refractivity contribution in [2.24, 2.45) is 0 Å². The van der Waals surface area contributed by atoms with Gasteiger partial charge in [-0.1, -0.05) is 45.0 Å². The Hall–Kier alpha value is -1.93. The number of alkyl halides is 3. The zero-order valence-electron chi connectivity index (χ0n) is 14.5. The Morgan fingerprint density at radius 2 is 1.54 bits per heavy atom. The molecule has 0 spiro atoms. The molecule has 0 aliphatic rings. The van der Waals surface area contributed by atoms with Crippen LogP contribution in [0.15, 0.2) is 47.4 Å². The van der Waals surface area contributed by atoms with Gasteiger partial charge in [-0.3, -0.25) is 0 Å². The first-order valence-corrected chi connectivity index (χ1v) is 9.25. The third-order valence-corrected chi connectivity index (χ3v) is 5.28. The Kier molecular flexibility index (Phi) is 5.49. The molecule has 0 aliphatic heterocycles. The SMILES string of the molecule is CC(C)(C)c1ccc(S(=O)(=O)NCc2cccc(C(F)(F)F)c2F)cc1. The predicted octanol–water partition coefficient (Wildman–Crippen LogP) is 4.62. The molecule has 0 atom stereocenters. The highest BCUT2D eigenvalue weighted by molar-refractivity contribution is 7.89. The van der Waals surface area contributed by atoms with Crippen LogP contribution in [0, 0.1) is 5.82 Å². The summed E-state index contributed by atoms with van der Waals surface area (Å²) in [6.45, 7) is 5.35. The number of sulfonamides is 1. The molecule has 0 saturated heterocycles. The molecule has 0 aliphatic carbocycles. The molecule has 0 radical (unpaired) electrons. The van der Waals surface area contributed by atoms with Gasteiger partial charge in [0.05, 0.1) is 10.5 Å². The molecule has 2 rings (SSSR count). The fourth-order valence-electron chi connectivity index (χ4n) is 2.33. The van der Waals surface area contributed by atoms with Gasteiger partial charge in [0.25, 0.3) is 0 Å². The molecule has 8 heteroatoms. The molecule has 0 fully saturated rings. The van der Waals surface area contributed by atoms with Gasteiger partial charge in [0.2, 0.25) is 10.0 Å². The lowest BCUT2D eigenvalue weighted by Gasteiger charge is -2.19. The summed E-state index contributed by atoms with van der Waals surface area (Å²) in [6.07, 6.45) is -4.85. The summed E-state index contributed by atoms with van der Waals surface area (Å²) < 4.78 is 78.9. The van der Waals surface area contributed by atoms with Gasteiger partial charge in [0.15, 0.2) is 0 Å². The summed E-state index contributed by atoms with van der Waals surface area (Å²) in [6, 6.07) is 8.90. The van der Waals surface area contributed by atoms with Crippen molar-refractivity contribution in [2.45, 2.75) is 43.8 Å². The fraction of sp³-hybridized carbons (Fsp3) is 0.333. The fourth-order valence-corrected chi connectivity index (χ4v) is 3.33. The molecule has 3 nitrogen and oxygen atoms in total. The molecule has 0 unspecified atom stereocenters. The lowest BCUT2D eigenvalue weighted by atomic mass is 9.87. The first-order valence-electron chi connectivity index (χ1n) is 7.77. The molecule has 142 valence electrons. The van der Waals surface area contributed by atoms with Gasteiger partial charge in [-0.2, -0.15) is 13.2 Å². The van der Waals surface area contributed by atoms with Gasteiger partial charge in [0, 0.05) is 12.1 Å². The Morgan fingerprint density at radius 1 is 0.962 bits per heavy atom. The molecule has 0 amide bonds. The maximum atomic E-state index is 14.0. The summed E-state index contributed by atoms with van der Waals surface area (Å²) in [5, 5.41) is 0. The molecular formula is C18H19F4NO2S. The normalized spacial score (nSPS) is 13.0. The quantitative estimate of drug-likeness (QED) is 0.776.